The number of methoxy groups -OCH3 is 1. The fourth-order valence-electron chi connectivity index (χ4n) is 5.97. The summed E-state index contributed by atoms with van der Waals surface area (Å²) in [5, 5.41) is 0. The van der Waals surface area contributed by atoms with Crippen molar-refractivity contribution in [2.75, 3.05) is 7.11 Å². The second-order valence-corrected chi connectivity index (χ2v) is 9.42. The van der Waals surface area contributed by atoms with Gasteiger partial charge < -0.3 is 10.5 Å². The number of aromatic nitrogens is 1. The predicted octanol–water partition coefficient (Wildman–Crippen LogP) is 4.54. The Morgan fingerprint density at radius 1 is 1.09 bits per heavy atom. The van der Waals surface area contributed by atoms with Gasteiger partial charge in [-0.05, 0) is 81.7 Å². The van der Waals surface area contributed by atoms with E-state index in [0.29, 0.717) is 11.9 Å². The predicted molar refractivity (Wildman–Crippen MR) is 129 cm³/mol. The fraction of sp³-hybridized carbons (Fsp3) is 0.444. The number of hydrogen-bond donors (Lipinski definition) is 1. The van der Waals surface area contributed by atoms with E-state index in [2.05, 4.69) is 41.9 Å². The molecule has 2 N–H and O–H groups in total. The second kappa shape index (κ2) is 7.56. The van der Waals surface area contributed by atoms with Crippen molar-refractivity contribution in [2.45, 2.75) is 64.6 Å². The molecule has 0 amide bonds. The highest BCUT2D eigenvalue weighted by Gasteiger charge is 2.60. The van der Waals surface area contributed by atoms with Gasteiger partial charge in [0.05, 0.1) is 11.8 Å². The zero-order chi connectivity index (χ0) is 22.5. The van der Waals surface area contributed by atoms with E-state index >= 15 is 0 Å². The van der Waals surface area contributed by atoms with Crippen LogP contribution in [0.5, 0.6) is 0 Å². The highest BCUT2D eigenvalue weighted by atomic mass is 16.5. The molecule has 0 radical (unpaired) electrons. The number of nitrogens with two attached hydrogens (primary N) is 1. The smallest absolute Gasteiger partial charge is 0.184 e. The van der Waals surface area contributed by atoms with E-state index in [1.807, 2.05) is 33.4 Å². The van der Waals surface area contributed by atoms with Gasteiger partial charge in [-0.2, -0.15) is 0 Å². The van der Waals surface area contributed by atoms with Crippen molar-refractivity contribution < 1.29 is 4.74 Å². The van der Waals surface area contributed by atoms with E-state index in [1.54, 1.807) is 0 Å². The summed E-state index contributed by atoms with van der Waals surface area (Å²) in [4.78, 5) is 14.7. The third-order valence-electron chi connectivity index (χ3n) is 7.62. The maximum absolute atomic E-state index is 6.33. The minimum atomic E-state index is -0.633. The summed E-state index contributed by atoms with van der Waals surface area (Å²) < 4.78 is 5.68. The summed E-state index contributed by atoms with van der Waals surface area (Å²) in [5.41, 5.74) is 13.4. The molecule has 0 bridgehead atoms. The van der Waals surface area contributed by atoms with Gasteiger partial charge in [-0.15, -0.1) is 5.92 Å². The summed E-state index contributed by atoms with van der Waals surface area (Å²) in [6, 6.07) is 6.73. The molecule has 2 spiro atoms. The maximum atomic E-state index is 6.33. The first-order chi connectivity index (χ1) is 15.4. The van der Waals surface area contributed by atoms with Gasteiger partial charge >= 0.3 is 0 Å². The monoisotopic (exact) mass is 426 g/mol. The number of aryl methyl sites for hydroxylation is 1. The molecule has 1 unspecified atom stereocenters. The van der Waals surface area contributed by atoms with Gasteiger partial charge in [0.15, 0.2) is 5.66 Å². The zero-order valence-electron chi connectivity index (χ0n) is 19.3. The van der Waals surface area contributed by atoms with Crippen LogP contribution in [0, 0.1) is 24.2 Å². The normalized spacial score (nSPS) is 28.3. The molecule has 1 fully saturated rings. The number of rotatable bonds is 2. The molecule has 0 saturated heterocycles. The van der Waals surface area contributed by atoms with Gasteiger partial charge in [-0.3, -0.25) is 9.98 Å². The van der Waals surface area contributed by atoms with Gasteiger partial charge in [-0.25, -0.2) is 4.99 Å². The van der Waals surface area contributed by atoms with Gasteiger partial charge in [0.2, 0.25) is 0 Å². The lowest BCUT2D eigenvalue weighted by Gasteiger charge is -2.44. The molecule has 5 rings (SSSR count). The molecule has 2 aromatic rings. The Balaban J connectivity index is 1.67. The molecule has 3 aliphatic rings. The van der Waals surface area contributed by atoms with Crippen LogP contribution < -0.4 is 5.73 Å². The van der Waals surface area contributed by atoms with E-state index in [0.717, 1.165) is 54.5 Å². The Morgan fingerprint density at radius 3 is 2.53 bits per heavy atom. The average Bonchev–Trinajstić information content (AvgIpc) is 3.21. The van der Waals surface area contributed by atoms with Crippen LogP contribution in [0.15, 0.2) is 40.6 Å². The van der Waals surface area contributed by atoms with Crippen LogP contribution in [0.4, 0.5) is 0 Å². The molecule has 1 saturated carbocycles. The summed E-state index contributed by atoms with van der Waals surface area (Å²) in [6.07, 6.45) is 9.15. The van der Waals surface area contributed by atoms with Crippen molar-refractivity contribution in [3.8, 4) is 23.0 Å². The van der Waals surface area contributed by atoms with E-state index in [4.69, 9.17) is 20.5 Å². The molecular weight excluding hydrogens is 396 g/mol. The molecule has 1 aromatic heterocycles. The Labute approximate surface area is 190 Å². The first-order valence-electron chi connectivity index (χ1n) is 11.4. The van der Waals surface area contributed by atoms with E-state index in [-0.39, 0.29) is 5.41 Å². The average molecular weight is 427 g/mol. The summed E-state index contributed by atoms with van der Waals surface area (Å²) in [7, 11) is 1.82. The third kappa shape index (κ3) is 3.01. The zero-order valence-corrected chi connectivity index (χ0v) is 19.3. The van der Waals surface area contributed by atoms with Crippen LogP contribution in [0.2, 0.25) is 0 Å². The summed E-state index contributed by atoms with van der Waals surface area (Å²) >= 11 is 0. The lowest BCUT2D eigenvalue weighted by molar-refractivity contribution is -0.000372. The molecule has 32 heavy (non-hydrogen) atoms. The largest absolute Gasteiger partial charge is 0.382 e. The quantitative estimate of drug-likeness (QED) is 0.717. The van der Waals surface area contributed by atoms with Crippen LogP contribution in [0.1, 0.15) is 61.8 Å². The second-order valence-electron chi connectivity index (χ2n) is 9.42. The van der Waals surface area contributed by atoms with E-state index < -0.39 is 5.66 Å². The molecular formula is C27H30N4O. The van der Waals surface area contributed by atoms with Crippen LogP contribution >= 0.6 is 0 Å². The van der Waals surface area contributed by atoms with Gasteiger partial charge in [-0.1, -0.05) is 12.0 Å². The summed E-state index contributed by atoms with van der Waals surface area (Å²) in [6.45, 7) is 6.00. The molecule has 2 aliphatic carbocycles. The van der Waals surface area contributed by atoms with Crippen molar-refractivity contribution in [1.29, 1.82) is 0 Å². The number of amidine groups is 1. The van der Waals surface area contributed by atoms with Crippen LogP contribution in [-0.4, -0.2) is 29.7 Å². The van der Waals surface area contributed by atoms with Crippen molar-refractivity contribution in [1.82, 2.24) is 4.98 Å². The van der Waals surface area contributed by atoms with Gasteiger partial charge in [0.1, 0.15) is 5.84 Å². The van der Waals surface area contributed by atoms with Crippen LogP contribution in [0.3, 0.4) is 0 Å². The standard InChI is InChI=1S/C27H30N4O/c1-5-6-19-12-21(16-29-15-19)23-13-24-20(11-17(23)2)14-26(9-7-22(32-4)8-10-26)27(24)30-18(3)25(28)31-27/h11-13,15-16,22H,7-10,14H2,1-4H3,(H2,28,31). The van der Waals surface area contributed by atoms with Crippen LogP contribution in [-0.2, 0) is 16.8 Å². The van der Waals surface area contributed by atoms with E-state index in [1.165, 1.54) is 16.7 Å². The molecule has 5 heteroatoms. The lowest BCUT2D eigenvalue weighted by atomic mass is 9.65. The SMILES string of the molecule is CC#Cc1cncc(-c2cc3c(cc2C)CC2(CCC(OC)CC2)C32N=C(C)C(N)=N2)c1. The molecule has 164 valence electrons. The van der Waals surface area contributed by atoms with Crippen molar-refractivity contribution in [3.05, 3.63) is 52.8 Å². The van der Waals surface area contributed by atoms with Gasteiger partial charge in [0, 0.05) is 41.6 Å². The molecule has 2 heterocycles. The number of ether oxygens (including phenoxy) is 1. The Kier molecular flexibility index (Phi) is 4.94. The Morgan fingerprint density at radius 2 is 1.88 bits per heavy atom. The number of benzene rings is 1. The molecule has 1 aliphatic heterocycles. The number of hydrogen-bond acceptors (Lipinski definition) is 5. The van der Waals surface area contributed by atoms with Crippen molar-refractivity contribution in [3.63, 3.8) is 0 Å². The number of aliphatic imine (C=N–C) groups is 2. The molecule has 1 aromatic carbocycles. The third-order valence-corrected chi connectivity index (χ3v) is 7.62. The first-order valence-corrected chi connectivity index (χ1v) is 11.4. The topological polar surface area (TPSA) is 72.9 Å². The minimum absolute atomic E-state index is 0.0500. The highest BCUT2D eigenvalue weighted by Crippen LogP contribution is 2.62. The fourth-order valence-corrected chi connectivity index (χ4v) is 5.97. The molecule has 1 atom stereocenters. The highest BCUT2D eigenvalue weighted by molar-refractivity contribution is 6.41. The number of pyridine rings is 1. The van der Waals surface area contributed by atoms with Crippen molar-refractivity contribution >= 4 is 11.5 Å². The lowest BCUT2D eigenvalue weighted by Crippen LogP contribution is -2.43. The van der Waals surface area contributed by atoms with Crippen molar-refractivity contribution in [2.24, 2.45) is 21.1 Å². The van der Waals surface area contributed by atoms with E-state index in [9.17, 15) is 0 Å². The number of fused-ring (bicyclic) bond motifs is 3. The molecule has 5 nitrogen and oxygen atoms in total. The minimum Gasteiger partial charge on any atom is -0.382 e. The van der Waals surface area contributed by atoms with Crippen LogP contribution in [0.25, 0.3) is 11.1 Å². The first kappa shape index (κ1) is 20.9. The summed E-state index contributed by atoms with van der Waals surface area (Å²) in [5.74, 6) is 6.65. The number of nitrogens with zero attached hydrogens (tertiary/aromatic N) is 3. The maximum Gasteiger partial charge on any atom is 0.184 e. The van der Waals surface area contributed by atoms with Gasteiger partial charge in [0.25, 0.3) is 0 Å². The Bertz CT molecular complexity index is 1190. The Hall–Kier alpha value is -2.97.